The van der Waals surface area contributed by atoms with Crippen molar-refractivity contribution in [3.63, 3.8) is 0 Å². The molecule has 2 aromatic carbocycles. The van der Waals surface area contributed by atoms with Gasteiger partial charge in [0.05, 0.1) is 11.9 Å². The third-order valence-corrected chi connectivity index (χ3v) is 6.64. The molecular weight excluding hydrogens is 406 g/mol. The van der Waals surface area contributed by atoms with Gasteiger partial charge in [0.15, 0.2) is 0 Å². The van der Waals surface area contributed by atoms with Gasteiger partial charge in [-0.1, -0.05) is 48.5 Å². The molecule has 6 nitrogen and oxygen atoms in total. The molecule has 5 rings (SSSR count). The summed E-state index contributed by atoms with van der Waals surface area (Å²) >= 11 is 1.63. The summed E-state index contributed by atoms with van der Waals surface area (Å²) in [5.41, 5.74) is 2.37. The van der Waals surface area contributed by atoms with Crippen molar-refractivity contribution in [2.45, 2.75) is 0 Å². The Morgan fingerprint density at radius 2 is 1.65 bits per heavy atom. The van der Waals surface area contributed by atoms with E-state index in [2.05, 4.69) is 50.5 Å². The van der Waals surface area contributed by atoms with Crippen molar-refractivity contribution in [1.29, 1.82) is 0 Å². The summed E-state index contributed by atoms with van der Waals surface area (Å²) in [6, 6.07) is 22.7. The molecule has 1 amide bonds. The molecule has 3 heterocycles. The summed E-state index contributed by atoms with van der Waals surface area (Å²) in [6.45, 7) is 3.38. The molecule has 156 valence electrons. The molecule has 0 atom stereocenters. The lowest BCUT2D eigenvalue weighted by atomic mass is 10.2. The Labute approximate surface area is 185 Å². The number of amides is 1. The van der Waals surface area contributed by atoms with Crippen molar-refractivity contribution in [3.8, 4) is 10.4 Å². The zero-order chi connectivity index (χ0) is 21.0. The van der Waals surface area contributed by atoms with E-state index in [0.717, 1.165) is 46.8 Å². The van der Waals surface area contributed by atoms with Crippen molar-refractivity contribution in [1.82, 2.24) is 14.9 Å². The van der Waals surface area contributed by atoms with Crippen LogP contribution in [0.5, 0.6) is 0 Å². The number of aromatic nitrogens is 2. The van der Waals surface area contributed by atoms with Gasteiger partial charge in [-0.25, -0.2) is 9.97 Å². The fraction of sp³-hybridized carbons (Fsp3) is 0.208. The summed E-state index contributed by atoms with van der Waals surface area (Å²) in [5, 5.41) is 4.20. The quantitative estimate of drug-likeness (QED) is 0.517. The number of nitrogens with zero attached hydrogens (tertiary/aromatic N) is 4. The van der Waals surface area contributed by atoms with Crippen LogP contribution < -0.4 is 10.2 Å². The third-order valence-electron chi connectivity index (χ3n) is 5.55. The van der Waals surface area contributed by atoms with E-state index in [1.165, 1.54) is 5.69 Å². The van der Waals surface area contributed by atoms with Gasteiger partial charge in [0.2, 0.25) is 5.91 Å². The molecule has 1 aliphatic heterocycles. The molecule has 1 N–H and O–H groups in total. The Morgan fingerprint density at radius 1 is 0.935 bits per heavy atom. The zero-order valence-electron chi connectivity index (χ0n) is 17.1. The first-order chi connectivity index (χ1) is 15.3. The number of carbonyl (C=O) groups excluding carboxylic acids is 1. The first-order valence-electron chi connectivity index (χ1n) is 10.4. The van der Waals surface area contributed by atoms with Gasteiger partial charge in [-0.15, -0.1) is 11.3 Å². The molecule has 0 radical (unpaired) electrons. The van der Waals surface area contributed by atoms with Crippen molar-refractivity contribution in [2.75, 3.05) is 42.9 Å². The second kappa shape index (κ2) is 8.73. The van der Waals surface area contributed by atoms with Gasteiger partial charge in [-0.2, -0.15) is 0 Å². The lowest BCUT2D eigenvalue weighted by Crippen LogP contribution is -2.50. The fourth-order valence-corrected chi connectivity index (χ4v) is 4.87. The summed E-state index contributed by atoms with van der Waals surface area (Å²) in [4.78, 5) is 27.9. The number of hydrogen-bond donors (Lipinski definition) is 1. The maximum absolute atomic E-state index is 12.8. The predicted molar refractivity (Wildman–Crippen MR) is 127 cm³/mol. The Kier molecular flexibility index (Phi) is 5.50. The highest BCUT2D eigenvalue weighted by molar-refractivity contribution is 7.21. The van der Waals surface area contributed by atoms with Gasteiger partial charge in [0, 0.05) is 36.7 Å². The van der Waals surface area contributed by atoms with Crippen LogP contribution in [0, 0.1) is 0 Å². The van der Waals surface area contributed by atoms with E-state index in [0.29, 0.717) is 5.82 Å². The van der Waals surface area contributed by atoms with E-state index >= 15 is 0 Å². The number of anilines is 2. The minimum Gasteiger partial charge on any atom is -0.368 e. The molecule has 0 aliphatic carbocycles. The predicted octanol–water partition coefficient (Wildman–Crippen LogP) is 4.12. The number of benzene rings is 2. The zero-order valence-corrected chi connectivity index (χ0v) is 17.9. The molecule has 4 aromatic rings. The first-order valence-corrected chi connectivity index (χ1v) is 11.2. The number of fused-ring (bicyclic) bond motifs is 1. The normalized spacial score (nSPS) is 14.1. The maximum Gasteiger partial charge on any atom is 0.242 e. The Bertz CT molecular complexity index is 1170. The van der Waals surface area contributed by atoms with Crippen LogP contribution in [0.3, 0.4) is 0 Å². The lowest BCUT2D eigenvalue weighted by molar-refractivity contribution is -0.129. The van der Waals surface area contributed by atoms with E-state index < -0.39 is 0 Å². The molecule has 0 saturated carbocycles. The summed E-state index contributed by atoms with van der Waals surface area (Å²) in [7, 11) is 0. The summed E-state index contributed by atoms with van der Waals surface area (Å²) in [6.07, 6.45) is 1.55. The minimum absolute atomic E-state index is 0.0954. The van der Waals surface area contributed by atoms with Gasteiger partial charge in [0.1, 0.15) is 17.0 Å². The number of para-hydroxylation sites is 1. The SMILES string of the molecule is O=C(CNc1ncnc2sc(-c3ccccc3)cc12)N1CCN(c2ccccc2)CC1. The average Bonchev–Trinajstić information content (AvgIpc) is 3.29. The number of carbonyl (C=O) groups is 1. The highest BCUT2D eigenvalue weighted by Crippen LogP contribution is 2.34. The van der Waals surface area contributed by atoms with Crippen LogP contribution in [0.25, 0.3) is 20.7 Å². The fourth-order valence-electron chi connectivity index (χ4n) is 3.87. The first kappa shape index (κ1) is 19.5. The molecular formula is C24H23N5OS. The molecule has 0 bridgehead atoms. The van der Waals surface area contributed by atoms with Crippen molar-refractivity contribution < 1.29 is 4.79 Å². The van der Waals surface area contributed by atoms with Crippen LogP contribution in [-0.4, -0.2) is 53.5 Å². The maximum atomic E-state index is 12.8. The van der Waals surface area contributed by atoms with Crippen molar-refractivity contribution in [2.24, 2.45) is 0 Å². The molecule has 0 unspecified atom stereocenters. The molecule has 1 aliphatic rings. The van der Waals surface area contributed by atoms with Crippen LogP contribution in [0.4, 0.5) is 11.5 Å². The monoisotopic (exact) mass is 429 g/mol. The largest absolute Gasteiger partial charge is 0.368 e. The number of nitrogens with one attached hydrogen (secondary N) is 1. The molecule has 0 spiro atoms. The number of hydrogen-bond acceptors (Lipinski definition) is 6. The molecule has 7 heteroatoms. The topological polar surface area (TPSA) is 61.4 Å². The second-order valence-corrected chi connectivity index (χ2v) is 8.51. The van der Waals surface area contributed by atoms with E-state index in [1.807, 2.05) is 41.3 Å². The standard InChI is InChI=1S/C24H23N5OS/c30-22(29-13-11-28(12-14-29)19-9-5-2-6-10-19)16-25-23-20-15-21(18-7-3-1-4-8-18)31-24(20)27-17-26-23/h1-10,15,17H,11-14,16H2,(H,25,26,27). The number of thiophene rings is 1. The van der Waals surface area contributed by atoms with Crippen LogP contribution in [0.2, 0.25) is 0 Å². The van der Waals surface area contributed by atoms with Gasteiger partial charge in [-0.3, -0.25) is 4.79 Å². The number of piperazine rings is 1. The molecule has 31 heavy (non-hydrogen) atoms. The van der Waals surface area contributed by atoms with Gasteiger partial charge in [-0.05, 0) is 23.8 Å². The van der Waals surface area contributed by atoms with Gasteiger partial charge < -0.3 is 15.1 Å². The Hall–Kier alpha value is -3.45. The van der Waals surface area contributed by atoms with E-state index in [9.17, 15) is 4.79 Å². The van der Waals surface area contributed by atoms with Gasteiger partial charge >= 0.3 is 0 Å². The van der Waals surface area contributed by atoms with Crippen LogP contribution in [0.15, 0.2) is 73.1 Å². The van der Waals surface area contributed by atoms with E-state index in [1.54, 1.807) is 17.7 Å². The van der Waals surface area contributed by atoms with Crippen molar-refractivity contribution in [3.05, 3.63) is 73.1 Å². The van der Waals surface area contributed by atoms with E-state index in [4.69, 9.17) is 0 Å². The molecule has 1 saturated heterocycles. The third kappa shape index (κ3) is 4.22. The minimum atomic E-state index is 0.0954. The van der Waals surface area contributed by atoms with Gasteiger partial charge in [0.25, 0.3) is 0 Å². The van der Waals surface area contributed by atoms with Crippen molar-refractivity contribution >= 4 is 39.0 Å². The average molecular weight is 430 g/mol. The highest BCUT2D eigenvalue weighted by Gasteiger charge is 2.21. The van der Waals surface area contributed by atoms with Crippen LogP contribution >= 0.6 is 11.3 Å². The second-order valence-electron chi connectivity index (χ2n) is 7.47. The number of rotatable bonds is 5. The van der Waals surface area contributed by atoms with Crippen LogP contribution in [0.1, 0.15) is 0 Å². The highest BCUT2D eigenvalue weighted by atomic mass is 32.1. The van der Waals surface area contributed by atoms with E-state index in [-0.39, 0.29) is 12.5 Å². The Balaban J connectivity index is 1.23. The smallest absolute Gasteiger partial charge is 0.242 e. The Morgan fingerprint density at radius 3 is 2.39 bits per heavy atom. The molecule has 2 aromatic heterocycles. The summed E-state index contributed by atoms with van der Waals surface area (Å²) in [5.74, 6) is 0.803. The van der Waals surface area contributed by atoms with Crippen LogP contribution in [-0.2, 0) is 4.79 Å². The lowest BCUT2D eigenvalue weighted by Gasteiger charge is -2.36. The summed E-state index contributed by atoms with van der Waals surface area (Å²) < 4.78 is 0. The molecule has 1 fully saturated rings.